The van der Waals surface area contributed by atoms with Crippen LogP contribution in [0.25, 0.3) is 0 Å². The van der Waals surface area contributed by atoms with Gasteiger partial charge in [0, 0.05) is 12.8 Å². The molecule has 0 saturated carbocycles. The van der Waals surface area contributed by atoms with Crippen molar-refractivity contribution in [1.29, 1.82) is 0 Å². The molecule has 0 atom stereocenters. The van der Waals surface area contributed by atoms with Crippen molar-refractivity contribution in [3.8, 4) is 12.3 Å². The van der Waals surface area contributed by atoms with Crippen LogP contribution in [0.15, 0.2) is 0 Å². The van der Waals surface area contributed by atoms with Crippen LogP contribution in [0.5, 0.6) is 0 Å². The number of hydrogen-bond acceptors (Lipinski definition) is 1. The van der Waals surface area contributed by atoms with Gasteiger partial charge in [-0.25, -0.2) is 0 Å². The first kappa shape index (κ1) is 9.52. The number of hydrogen-bond donors (Lipinski definition) is 0. The van der Waals surface area contributed by atoms with E-state index in [-0.39, 0.29) is 10.7 Å². The van der Waals surface area contributed by atoms with Gasteiger partial charge >= 0.3 is 0 Å². The van der Waals surface area contributed by atoms with E-state index in [1.165, 1.54) is 0 Å². The highest BCUT2D eigenvalue weighted by molar-refractivity contribution is 6.63. The third-order valence-corrected chi connectivity index (χ3v) is 1.33. The summed E-state index contributed by atoms with van der Waals surface area (Å²) in [7, 11) is 0. The van der Waals surface area contributed by atoms with Crippen molar-refractivity contribution >= 4 is 16.8 Å². The summed E-state index contributed by atoms with van der Waals surface area (Å²) in [6, 6.07) is 0. The van der Waals surface area contributed by atoms with E-state index in [1.807, 2.05) is 13.8 Å². The maximum Gasteiger partial charge on any atom is 0.222 e. The fourth-order valence-electron chi connectivity index (χ4n) is 0.715. The van der Waals surface area contributed by atoms with E-state index in [0.717, 1.165) is 0 Å². The number of terminal acetylenes is 1. The van der Waals surface area contributed by atoms with Gasteiger partial charge in [-0.2, -0.15) is 0 Å². The van der Waals surface area contributed by atoms with E-state index in [9.17, 15) is 4.79 Å². The molecule has 0 unspecified atom stereocenters. The van der Waals surface area contributed by atoms with Gasteiger partial charge in [0.1, 0.15) is 0 Å². The molecular formula is C8H11ClO. The lowest BCUT2D eigenvalue weighted by atomic mass is 9.87. The highest BCUT2D eigenvalue weighted by Crippen LogP contribution is 2.24. The Bertz CT molecular complexity index is 165. The van der Waals surface area contributed by atoms with Crippen molar-refractivity contribution in [2.45, 2.75) is 26.7 Å². The zero-order chi connectivity index (χ0) is 8.20. The molecule has 0 N–H and O–H groups in total. The normalized spacial score (nSPS) is 10.6. The summed E-state index contributed by atoms with van der Waals surface area (Å²) in [5.41, 5.74) is -0.145. The Kier molecular flexibility index (Phi) is 3.46. The molecule has 0 aromatic carbocycles. The molecule has 0 amide bonds. The van der Waals surface area contributed by atoms with E-state index in [1.54, 1.807) is 0 Å². The second-order valence-electron chi connectivity index (χ2n) is 3.08. The first-order chi connectivity index (χ1) is 4.48. The van der Waals surface area contributed by atoms with Gasteiger partial charge in [-0.05, 0) is 17.0 Å². The Labute approximate surface area is 66.8 Å². The Morgan fingerprint density at radius 1 is 1.70 bits per heavy atom. The van der Waals surface area contributed by atoms with Crippen LogP contribution in [0.3, 0.4) is 0 Å². The Morgan fingerprint density at radius 2 is 2.20 bits per heavy atom. The van der Waals surface area contributed by atoms with Crippen molar-refractivity contribution in [2.24, 2.45) is 5.41 Å². The molecule has 0 aromatic rings. The number of carbonyl (C=O) groups excluding carboxylic acids is 1. The summed E-state index contributed by atoms with van der Waals surface area (Å²) >= 11 is 5.19. The molecule has 0 aromatic heterocycles. The van der Waals surface area contributed by atoms with Crippen molar-refractivity contribution in [3.63, 3.8) is 0 Å². The Morgan fingerprint density at radius 3 is 2.50 bits per heavy atom. The van der Waals surface area contributed by atoms with E-state index in [0.29, 0.717) is 12.8 Å². The topological polar surface area (TPSA) is 17.1 Å². The SMILES string of the molecule is C#CCC(C)(C)CC(=O)Cl. The van der Waals surface area contributed by atoms with E-state index in [4.69, 9.17) is 18.0 Å². The molecule has 0 radical (unpaired) electrons. The number of carbonyl (C=O) groups is 1. The van der Waals surface area contributed by atoms with Gasteiger partial charge in [-0.3, -0.25) is 4.79 Å². The predicted molar refractivity (Wildman–Crippen MR) is 42.7 cm³/mol. The maximum atomic E-state index is 10.4. The average molecular weight is 159 g/mol. The van der Waals surface area contributed by atoms with E-state index < -0.39 is 0 Å². The predicted octanol–water partition coefficient (Wildman–Crippen LogP) is 2.19. The minimum atomic E-state index is -0.319. The zero-order valence-corrected chi connectivity index (χ0v) is 7.03. The van der Waals surface area contributed by atoms with Gasteiger partial charge in [0.15, 0.2) is 0 Å². The Balaban J connectivity index is 3.89. The average Bonchev–Trinajstić information content (AvgIpc) is 1.59. The first-order valence-corrected chi connectivity index (χ1v) is 3.47. The highest BCUT2D eigenvalue weighted by atomic mass is 35.5. The molecule has 2 heteroatoms. The monoisotopic (exact) mass is 158 g/mol. The molecule has 0 aliphatic carbocycles. The molecule has 0 saturated heterocycles. The standard InChI is InChI=1S/C8H11ClO/c1-4-5-8(2,3)6-7(9)10/h1H,5-6H2,2-3H3. The third kappa shape index (κ3) is 4.40. The summed E-state index contributed by atoms with van der Waals surface area (Å²) in [6.07, 6.45) is 6.02. The summed E-state index contributed by atoms with van der Waals surface area (Å²) in [6.45, 7) is 3.85. The summed E-state index contributed by atoms with van der Waals surface area (Å²) in [5.74, 6) is 2.50. The fourth-order valence-corrected chi connectivity index (χ4v) is 1.08. The van der Waals surface area contributed by atoms with Crippen LogP contribution in [0.2, 0.25) is 0 Å². The summed E-state index contributed by atoms with van der Waals surface area (Å²) in [4.78, 5) is 10.4. The molecule has 0 aliphatic heterocycles. The largest absolute Gasteiger partial charge is 0.281 e. The molecule has 1 nitrogen and oxygen atoms in total. The quantitative estimate of drug-likeness (QED) is 0.455. The molecule has 0 fully saturated rings. The van der Waals surface area contributed by atoms with Crippen LogP contribution in [0, 0.1) is 17.8 Å². The van der Waals surface area contributed by atoms with Crippen LogP contribution in [0.1, 0.15) is 26.7 Å². The van der Waals surface area contributed by atoms with Gasteiger partial charge in [0.05, 0.1) is 0 Å². The molecule has 0 aliphatic rings. The lowest BCUT2D eigenvalue weighted by molar-refractivity contribution is -0.113. The second-order valence-corrected chi connectivity index (χ2v) is 3.50. The van der Waals surface area contributed by atoms with Crippen molar-refractivity contribution in [3.05, 3.63) is 0 Å². The van der Waals surface area contributed by atoms with Gasteiger partial charge < -0.3 is 0 Å². The third-order valence-electron chi connectivity index (χ3n) is 1.20. The highest BCUT2D eigenvalue weighted by Gasteiger charge is 2.19. The fraction of sp³-hybridized carbons (Fsp3) is 0.625. The summed E-state index contributed by atoms with van der Waals surface area (Å²) in [5, 5.41) is -0.319. The van der Waals surface area contributed by atoms with Crippen LogP contribution in [-0.4, -0.2) is 5.24 Å². The summed E-state index contributed by atoms with van der Waals surface area (Å²) < 4.78 is 0. The molecule has 0 bridgehead atoms. The molecule has 0 rings (SSSR count). The lowest BCUT2D eigenvalue weighted by Crippen LogP contribution is -2.13. The van der Waals surface area contributed by atoms with Gasteiger partial charge in [-0.1, -0.05) is 13.8 Å². The molecule has 0 heterocycles. The second kappa shape index (κ2) is 3.63. The minimum Gasteiger partial charge on any atom is -0.281 e. The van der Waals surface area contributed by atoms with Crippen molar-refractivity contribution < 1.29 is 4.79 Å². The molecule has 0 spiro atoms. The minimum absolute atomic E-state index is 0.145. The maximum absolute atomic E-state index is 10.4. The van der Waals surface area contributed by atoms with Crippen LogP contribution >= 0.6 is 11.6 Å². The van der Waals surface area contributed by atoms with Crippen LogP contribution < -0.4 is 0 Å². The number of rotatable bonds is 3. The molecule has 10 heavy (non-hydrogen) atoms. The van der Waals surface area contributed by atoms with Crippen LogP contribution in [-0.2, 0) is 4.79 Å². The Hall–Kier alpha value is -0.480. The van der Waals surface area contributed by atoms with Crippen molar-refractivity contribution in [2.75, 3.05) is 0 Å². The smallest absolute Gasteiger partial charge is 0.222 e. The van der Waals surface area contributed by atoms with Gasteiger partial charge in [0.2, 0.25) is 5.24 Å². The zero-order valence-electron chi connectivity index (χ0n) is 6.28. The molecular weight excluding hydrogens is 148 g/mol. The van der Waals surface area contributed by atoms with Gasteiger partial charge in [0.25, 0.3) is 0 Å². The number of halogens is 1. The van der Waals surface area contributed by atoms with E-state index >= 15 is 0 Å². The van der Waals surface area contributed by atoms with Crippen molar-refractivity contribution in [1.82, 2.24) is 0 Å². The van der Waals surface area contributed by atoms with E-state index in [2.05, 4.69) is 5.92 Å². The molecule has 56 valence electrons. The lowest BCUT2D eigenvalue weighted by Gasteiger charge is -2.18. The first-order valence-electron chi connectivity index (χ1n) is 3.10. The van der Waals surface area contributed by atoms with Crippen LogP contribution in [0.4, 0.5) is 0 Å². The van der Waals surface area contributed by atoms with Gasteiger partial charge in [-0.15, -0.1) is 12.3 Å².